The molecule has 1 spiro atoms. The Hall–Kier alpha value is -2.82. The van der Waals surface area contributed by atoms with Crippen LogP contribution in [0.5, 0.6) is 0 Å². The molecule has 0 aliphatic heterocycles. The quantitative estimate of drug-likeness (QED) is 0.591. The van der Waals surface area contributed by atoms with E-state index < -0.39 is 17.6 Å². The van der Waals surface area contributed by atoms with E-state index in [1.54, 1.807) is 0 Å². The average Bonchev–Trinajstić information content (AvgIpc) is 3.42. The maximum absolute atomic E-state index is 13.3. The van der Waals surface area contributed by atoms with Gasteiger partial charge in [0.25, 0.3) is 0 Å². The van der Waals surface area contributed by atoms with E-state index in [9.17, 15) is 14.7 Å². The minimum absolute atomic E-state index is 0.0334. The molecule has 0 aromatic heterocycles. The van der Waals surface area contributed by atoms with Gasteiger partial charge in [-0.3, -0.25) is 4.90 Å². The molecule has 0 heterocycles. The van der Waals surface area contributed by atoms with Crippen LogP contribution in [0.15, 0.2) is 48.5 Å². The van der Waals surface area contributed by atoms with E-state index in [2.05, 4.69) is 24.3 Å². The SMILES string of the molecule is CCN(C(=O)OCC1c2ccccc2-c2ccccc21)C1(C(=O)O)CCC2(CCCC2)CC1. The Morgan fingerprint density at radius 2 is 1.45 bits per heavy atom. The van der Waals surface area contributed by atoms with E-state index >= 15 is 0 Å². The predicted molar refractivity (Wildman–Crippen MR) is 127 cm³/mol. The molecule has 5 nitrogen and oxygen atoms in total. The smallest absolute Gasteiger partial charge is 0.410 e. The summed E-state index contributed by atoms with van der Waals surface area (Å²) in [6.07, 6.45) is 7.15. The molecule has 174 valence electrons. The van der Waals surface area contributed by atoms with Crippen molar-refractivity contribution in [2.45, 2.75) is 69.7 Å². The van der Waals surface area contributed by atoms with Crippen LogP contribution < -0.4 is 0 Å². The Balaban J connectivity index is 1.34. The monoisotopic (exact) mass is 447 g/mol. The molecule has 3 aliphatic rings. The van der Waals surface area contributed by atoms with E-state index in [1.165, 1.54) is 41.7 Å². The molecule has 1 N–H and O–H groups in total. The second kappa shape index (κ2) is 8.51. The summed E-state index contributed by atoms with van der Waals surface area (Å²) in [5.74, 6) is -0.931. The van der Waals surface area contributed by atoms with E-state index in [4.69, 9.17) is 4.74 Å². The van der Waals surface area contributed by atoms with Crippen molar-refractivity contribution >= 4 is 12.1 Å². The van der Waals surface area contributed by atoms with Gasteiger partial charge in [-0.25, -0.2) is 9.59 Å². The number of hydrogen-bond acceptors (Lipinski definition) is 3. The summed E-state index contributed by atoms with van der Waals surface area (Å²) in [6, 6.07) is 16.5. The third kappa shape index (κ3) is 3.62. The number of amides is 1. The van der Waals surface area contributed by atoms with Crippen molar-refractivity contribution < 1.29 is 19.4 Å². The molecule has 33 heavy (non-hydrogen) atoms. The maximum atomic E-state index is 13.3. The fourth-order valence-electron chi connectivity index (χ4n) is 6.70. The van der Waals surface area contributed by atoms with Gasteiger partial charge in [-0.05, 0) is 73.1 Å². The van der Waals surface area contributed by atoms with Gasteiger partial charge < -0.3 is 9.84 Å². The van der Waals surface area contributed by atoms with Gasteiger partial charge in [-0.15, -0.1) is 0 Å². The normalized spacial score (nSPS) is 20.3. The molecule has 0 unspecified atom stereocenters. The van der Waals surface area contributed by atoms with Crippen molar-refractivity contribution in [2.75, 3.05) is 13.2 Å². The topological polar surface area (TPSA) is 66.8 Å². The van der Waals surface area contributed by atoms with Crippen LogP contribution in [0.4, 0.5) is 4.79 Å². The fourth-order valence-corrected chi connectivity index (χ4v) is 6.70. The third-order valence-electron chi connectivity index (χ3n) is 8.59. The van der Waals surface area contributed by atoms with Crippen molar-refractivity contribution in [1.29, 1.82) is 0 Å². The molecule has 2 aromatic rings. The lowest BCUT2D eigenvalue weighted by Crippen LogP contribution is -2.59. The number of aliphatic carboxylic acids is 1. The third-order valence-corrected chi connectivity index (χ3v) is 8.59. The van der Waals surface area contributed by atoms with Gasteiger partial charge in [0.1, 0.15) is 12.1 Å². The number of hydrogen-bond donors (Lipinski definition) is 1. The lowest BCUT2D eigenvalue weighted by atomic mass is 9.66. The van der Waals surface area contributed by atoms with E-state index in [-0.39, 0.29) is 12.5 Å². The first-order valence-corrected chi connectivity index (χ1v) is 12.4. The number of carboxylic acids is 1. The largest absolute Gasteiger partial charge is 0.479 e. The molecule has 1 amide bonds. The second-order valence-corrected chi connectivity index (χ2v) is 10.1. The summed E-state index contributed by atoms with van der Waals surface area (Å²) in [5.41, 5.74) is 3.80. The van der Waals surface area contributed by atoms with Crippen molar-refractivity contribution in [3.8, 4) is 11.1 Å². The number of ether oxygens (including phenoxy) is 1. The van der Waals surface area contributed by atoms with Gasteiger partial charge in [0.05, 0.1) is 0 Å². The number of carbonyl (C=O) groups is 2. The molecule has 5 rings (SSSR count). The minimum atomic E-state index is -1.16. The Kier molecular flexibility index (Phi) is 5.67. The van der Waals surface area contributed by atoms with Gasteiger partial charge >= 0.3 is 12.1 Å². The minimum Gasteiger partial charge on any atom is -0.479 e. The number of carboxylic acid groups (broad SMARTS) is 1. The fraction of sp³-hybridized carbons (Fsp3) is 0.500. The van der Waals surface area contributed by atoms with E-state index in [0.717, 1.165) is 24.0 Å². The Labute approximate surface area is 195 Å². The van der Waals surface area contributed by atoms with Gasteiger partial charge in [0.15, 0.2) is 0 Å². The second-order valence-electron chi connectivity index (χ2n) is 10.1. The molecule has 0 saturated heterocycles. The van der Waals surface area contributed by atoms with Gasteiger partial charge in [0.2, 0.25) is 0 Å². The highest BCUT2D eigenvalue weighted by Gasteiger charge is 2.53. The highest BCUT2D eigenvalue weighted by atomic mass is 16.6. The molecule has 3 aliphatic carbocycles. The Morgan fingerprint density at radius 3 is 1.97 bits per heavy atom. The van der Waals surface area contributed by atoms with Crippen LogP contribution in [0.1, 0.15) is 75.3 Å². The molecule has 2 aromatic carbocycles. The van der Waals surface area contributed by atoms with Gasteiger partial charge in [-0.2, -0.15) is 0 Å². The molecular formula is C28H33NO4. The highest BCUT2D eigenvalue weighted by molar-refractivity contribution is 5.85. The zero-order chi connectivity index (χ0) is 23.1. The lowest BCUT2D eigenvalue weighted by molar-refractivity contribution is -0.154. The standard InChI is InChI=1S/C28H33NO4/c1-2-29(28(25(30)31)17-15-27(16-18-28)13-7-8-14-27)26(32)33-19-24-22-11-5-3-9-20(22)21-10-4-6-12-23(21)24/h3-6,9-12,24H,2,7-8,13-19H2,1H3,(H,30,31). The number of benzene rings is 2. The molecule has 2 saturated carbocycles. The number of carbonyl (C=O) groups excluding carboxylic acids is 1. The zero-order valence-electron chi connectivity index (χ0n) is 19.4. The molecule has 0 bridgehead atoms. The van der Waals surface area contributed by atoms with Crippen LogP contribution in [0.3, 0.4) is 0 Å². The first-order valence-electron chi connectivity index (χ1n) is 12.4. The van der Waals surface area contributed by atoms with Gasteiger partial charge in [-0.1, -0.05) is 61.4 Å². The molecule has 5 heteroatoms. The molecule has 0 atom stereocenters. The highest BCUT2D eigenvalue weighted by Crippen LogP contribution is 2.52. The number of nitrogens with zero attached hydrogens (tertiary/aromatic N) is 1. The van der Waals surface area contributed by atoms with Crippen LogP contribution in [-0.4, -0.2) is 40.8 Å². The maximum Gasteiger partial charge on any atom is 0.410 e. The van der Waals surface area contributed by atoms with Crippen molar-refractivity contribution in [3.63, 3.8) is 0 Å². The molecular weight excluding hydrogens is 414 g/mol. The first-order chi connectivity index (χ1) is 16.0. The lowest BCUT2D eigenvalue weighted by Gasteiger charge is -2.47. The van der Waals surface area contributed by atoms with Crippen LogP contribution in [0.25, 0.3) is 11.1 Å². The van der Waals surface area contributed by atoms with E-state index in [1.807, 2.05) is 31.2 Å². The van der Waals surface area contributed by atoms with Gasteiger partial charge in [0, 0.05) is 12.5 Å². The Morgan fingerprint density at radius 1 is 0.909 bits per heavy atom. The molecule has 0 radical (unpaired) electrons. The molecule has 2 fully saturated rings. The van der Waals surface area contributed by atoms with Crippen LogP contribution in [-0.2, 0) is 9.53 Å². The van der Waals surface area contributed by atoms with Crippen LogP contribution in [0, 0.1) is 5.41 Å². The number of likely N-dealkylation sites (N-methyl/N-ethyl adjacent to an activating group) is 1. The summed E-state index contributed by atoms with van der Waals surface area (Å²) < 4.78 is 5.86. The summed E-state index contributed by atoms with van der Waals surface area (Å²) >= 11 is 0. The zero-order valence-corrected chi connectivity index (χ0v) is 19.4. The summed E-state index contributed by atoms with van der Waals surface area (Å²) in [4.78, 5) is 27.3. The van der Waals surface area contributed by atoms with E-state index in [0.29, 0.717) is 24.8 Å². The predicted octanol–water partition coefficient (Wildman–Crippen LogP) is 6.22. The van der Waals surface area contributed by atoms with Crippen LogP contribution in [0.2, 0.25) is 0 Å². The Bertz CT molecular complexity index is 1000. The summed E-state index contributed by atoms with van der Waals surface area (Å²) in [5, 5.41) is 10.3. The van der Waals surface area contributed by atoms with Crippen molar-refractivity contribution in [2.24, 2.45) is 5.41 Å². The number of fused-ring (bicyclic) bond motifs is 3. The summed E-state index contributed by atoms with van der Waals surface area (Å²) in [6.45, 7) is 2.39. The average molecular weight is 448 g/mol. The summed E-state index contributed by atoms with van der Waals surface area (Å²) in [7, 11) is 0. The number of rotatable bonds is 5. The van der Waals surface area contributed by atoms with Crippen molar-refractivity contribution in [1.82, 2.24) is 4.90 Å². The first kappa shape index (κ1) is 22.0. The van der Waals surface area contributed by atoms with Crippen molar-refractivity contribution in [3.05, 3.63) is 59.7 Å². The van der Waals surface area contributed by atoms with Crippen LogP contribution >= 0.6 is 0 Å².